The molecule has 2 aromatic heterocycles. The number of anilines is 1. The molecule has 0 saturated carbocycles. The van der Waals surface area contributed by atoms with Gasteiger partial charge in [0.1, 0.15) is 5.69 Å². The van der Waals surface area contributed by atoms with Crippen LogP contribution in [0.4, 0.5) is 5.13 Å². The molecule has 2 heterocycles. The Hall–Kier alpha value is -5.06. The van der Waals surface area contributed by atoms with Crippen molar-refractivity contribution in [2.75, 3.05) is 5.32 Å². The van der Waals surface area contributed by atoms with Crippen molar-refractivity contribution in [3.63, 3.8) is 0 Å². The topological polar surface area (TPSA) is 132 Å². The summed E-state index contributed by atoms with van der Waals surface area (Å²) >= 11 is 4.26. The number of pyridine rings is 1. The summed E-state index contributed by atoms with van der Waals surface area (Å²) < 4.78 is 7.83. The number of hydrogen-bond acceptors (Lipinski definition) is 7. The highest BCUT2D eigenvalue weighted by Crippen LogP contribution is 2.26. The molecule has 10 heteroatoms. The van der Waals surface area contributed by atoms with Crippen molar-refractivity contribution in [1.82, 2.24) is 9.97 Å². The third kappa shape index (κ3) is 17.5. The minimum atomic E-state index is -0.231. The molecular formula is C26H30N6O2S2. The number of amides is 1. The van der Waals surface area contributed by atoms with Crippen LogP contribution in [0.15, 0.2) is 29.8 Å². The van der Waals surface area contributed by atoms with Crippen molar-refractivity contribution >= 4 is 34.9 Å². The zero-order valence-corrected chi connectivity index (χ0v) is 21.5. The number of terminal acetylenes is 1. The summed E-state index contributed by atoms with van der Waals surface area (Å²) in [4.78, 5) is 22.0. The Balaban J connectivity index is -0.0000000906. The van der Waals surface area contributed by atoms with Gasteiger partial charge < -0.3 is 0 Å². The van der Waals surface area contributed by atoms with Gasteiger partial charge in [-0.2, -0.15) is 4.21 Å². The predicted octanol–water partition coefficient (Wildman–Crippen LogP) is 5.51. The van der Waals surface area contributed by atoms with Gasteiger partial charge in [-0.15, -0.1) is 23.3 Å². The molecule has 0 saturated heterocycles. The standard InChI is InChI=1S/C13H15N3OS.C13H4.HN3.OS.5H2/c1-13(2,3)10-8-18-12(15-10)16-11(17)9-6-4-5-7-14-9;1-3-5-7-9-11-13-12-10-8-6-4-2;1-3-2;1-2;;;;;/h4-8H,1-3H3,(H,15,16,17);1H,2H3;1H;;5*1H. The molecule has 0 bridgehead atoms. The second-order valence-corrected chi connectivity index (χ2v) is 7.43. The highest BCUT2D eigenvalue weighted by Gasteiger charge is 2.18. The van der Waals surface area contributed by atoms with Gasteiger partial charge in [-0.3, -0.25) is 15.1 Å². The van der Waals surface area contributed by atoms with Crippen molar-refractivity contribution in [2.24, 2.45) is 0 Å². The smallest absolute Gasteiger partial charge is 0.276 e. The van der Waals surface area contributed by atoms with Gasteiger partial charge in [0.05, 0.1) is 5.69 Å². The first kappa shape index (κ1) is 33.1. The van der Waals surface area contributed by atoms with E-state index in [1.165, 1.54) is 11.3 Å². The van der Waals surface area contributed by atoms with Gasteiger partial charge in [-0.05, 0) is 88.7 Å². The molecule has 0 aliphatic carbocycles. The molecule has 0 aliphatic heterocycles. The first-order valence-corrected chi connectivity index (χ1v) is 10.7. The van der Waals surface area contributed by atoms with Gasteiger partial charge in [-0.1, -0.05) is 32.8 Å². The van der Waals surface area contributed by atoms with E-state index in [0.29, 0.717) is 10.8 Å². The number of aromatic nitrogens is 2. The van der Waals surface area contributed by atoms with E-state index >= 15 is 0 Å². The Morgan fingerprint density at radius 3 is 2.06 bits per heavy atom. The van der Waals surface area contributed by atoms with E-state index in [4.69, 9.17) is 21.7 Å². The minimum absolute atomic E-state index is 0. The third-order valence-corrected chi connectivity index (χ3v) is 3.85. The van der Waals surface area contributed by atoms with Crippen LogP contribution in [0.25, 0.3) is 10.4 Å². The molecule has 1 amide bonds. The van der Waals surface area contributed by atoms with Crippen LogP contribution in [-0.2, 0) is 17.9 Å². The molecule has 2 rings (SSSR count). The maximum atomic E-state index is 11.9. The fourth-order valence-corrected chi connectivity index (χ4v) is 2.58. The van der Waals surface area contributed by atoms with Gasteiger partial charge >= 0.3 is 0 Å². The number of rotatable bonds is 2. The van der Waals surface area contributed by atoms with Crippen LogP contribution in [0, 0.1) is 77.1 Å². The van der Waals surface area contributed by atoms with Crippen molar-refractivity contribution in [2.45, 2.75) is 33.1 Å². The van der Waals surface area contributed by atoms with Gasteiger partial charge in [0, 0.05) is 24.1 Å². The van der Waals surface area contributed by atoms with Crippen LogP contribution in [-0.4, -0.2) is 20.1 Å². The summed E-state index contributed by atoms with van der Waals surface area (Å²) in [7, 11) is 0. The van der Waals surface area contributed by atoms with E-state index in [1.54, 1.807) is 36.2 Å². The predicted molar refractivity (Wildman–Crippen MR) is 155 cm³/mol. The molecule has 2 N–H and O–H groups in total. The summed E-state index contributed by atoms with van der Waals surface area (Å²) in [5.41, 5.74) is 13.6. The lowest BCUT2D eigenvalue weighted by Crippen LogP contribution is -2.15. The monoisotopic (exact) mass is 522 g/mol. The summed E-state index contributed by atoms with van der Waals surface area (Å²) in [5.74, 6) is 26.7. The number of nitrogens with one attached hydrogen (secondary N) is 2. The van der Waals surface area contributed by atoms with Crippen molar-refractivity contribution in [3.05, 3.63) is 51.6 Å². The Labute approximate surface area is 228 Å². The lowest BCUT2D eigenvalue weighted by Gasteiger charge is -2.14. The minimum Gasteiger partial charge on any atom is -0.296 e. The molecule has 0 aliphatic rings. The van der Waals surface area contributed by atoms with Gasteiger partial charge in [-0.25, -0.2) is 4.98 Å². The first-order valence-electron chi connectivity index (χ1n) is 9.53. The molecule has 0 atom stereocenters. The average molecular weight is 523 g/mol. The number of carbonyl (C=O) groups is 1. The highest BCUT2D eigenvalue weighted by molar-refractivity contribution is 7.44. The largest absolute Gasteiger partial charge is 0.296 e. The molecule has 188 valence electrons. The number of carbonyl (C=O) groups excluding carboxylic acids is 1. The zero-order valence-electron chi connectivity index (χ0n) is 19.9. The second kappa shape index (κ2) is 21.8. The van der Waals surface area contributed by atoms with E-state index in [0.717, 1.165) is 5.69 Å². The van der Waals surface area contributed by atoms with Crippen molar-refractivity contribution in [3.8, 4) is 71.5 Å². The van der Waals surface area contributed by atoms with Gasteiger partial charge in [0.15, 0.2) is 17.7 Å². The maximum Gasteiger partial charge on any atom is 0.276 e. The normalized spacial score (nSPS) is 7.31. The van der Waals surface area contributed by atoms with Crippen LogP contribution in [0.2, 0.25) is 0 Å². The fraction of sp³-hybridized carbons (Fsp3) is 0.192. The zero-order chi connectivity index (χ0) is 27.7. The number of nitrogens with zero attached hydrogens (tertiary/aromatic N) is 4. The van der Waals surface area contributed by atoms with Crippen molar-refractivity contribution < 1.29 is 16.1 Å². The molecule has 36 heavy (non-hydrogen) atoms. The summed E-state index contributed by atoms with van der Waals surface area (Å²) in [5, 5.41) is 5.33. The van der Waals surface area contributed by atoms with E-state index in [1.807, 2.05) is 5.38 Å². The van der Waals surface area contributed by atoms with E-state index in [-0.39, 0.29) is 18.5 Å². The van der Waals surface area contributed by atoms with Gasteiger partial charge in [0.2, 0.25) is 0 Å². The fourth-order valence-electron chi connectivity index (χ4n) is 1.65. The average Bonchev–Trinajstić information content (AvgIpc) is 3.35. The maximum absolute atomic E-state index is 11.9. The van der Waals surface area contributed by atoms with Crippen LogP contribution in [0.5, 0.6) is 0 Å². The Kier molecular flexibility index (Phi) is 20.0. The van der Waals surface area contributed by atoms with Gasteiger partial charge in [0.25, 0.3) is 5.91 Å². The lowest BCUT2D eigenvalue weighted by molar-refractivity contribution is 0.102. The molecule has 0 unspecified atom stereocenters. The van der Waals surface area contributed by atoms with Crippen LogP contribution >= 0.6 is 11.3 Å². The van der Waals surface area contributed by atoms with Crippen molar-refractivity contribution in [1.29, 1.82) is 5.53 Å². The van der Waals surface area contributed by atoms with E-state index in [9.17, 15) is 4.79 Å². The molecule has 8 nitrogen and oxygen atoms in total. The quantitative estimate of drug-likeness (QED) is 0.232. The summed E-state index contributed by atoms with van der Waals surface area (Å²) in [6.07, 6.45) is 6.45. The molecule has 0 aromatic carbocycles. The Bertz CT molecular complexity index is 1390. The third-order valence-electron chi connectivity index (χ3n) is 3.09. The molecule has 0 radical (unpaired) electrons. The summed E-state index contributed by atoms with van der Waals surface area (Å²) in [6, 6.07) is 5.23. The molecule has 0 fully saturated rings. The van der Waals surface area contributed by atoms with E-state index in [2.05, 4.69) is 114 Å². The van der Waals surface area contributed by atoms with Crippen LogP contribution in [0.3, 0.4) is 0 Å². The summed E-state index contributed by atoms with van der Waals surface area (Å²) in [6.45, 7) is 7.97. The lowest BCUT2D eigenvalue weighted by atomic mass is 9.93. The van der Waals surface area contributed by atoms with Crippen LogP contribution in [0.1, 0.15) is 51.0 Å². The molecule has 0 spiro atoms. The van der Waals surface area contributed by atoms with Crippen LogP contribution < -0.4 is 5.32 Å². The highest BCUT2D eigenvalue weighted by atomic mass is 32.1. The second-order valence-electron chi connectivity index (χ2n) is 6.58. The Morgan fingerprint density at radius 2 is 1.64 bits per heavy atom. The number of hydrogen-bond donors (Lipinski definition) is 2. The van der Waals surface area contributed by atoms with E-state index < -0.39 is 0 Å². The Morgan fingerprint density at radius 1 is 1.11 bits per heavy atom. The SMILES string of the molecule is C#CC#CC#CC#CC#CC#CC.CC(C)(C)c1csc(NC(=O)c2ccccn2)n1.O=S.[HH].[HH].[HH].[HH].[HH].[N-]=[N+]=N. The first-order chi connectivity index (χ1) is 17.3. The molecule has 2 aromatic rings. The molecular weight excluding hydrogens is 492 g/mol. The number of thiazole rings is 1.